The molecule has 3 aliphatic carbocycles. The molecule has 2 unspecified atom stereocenters. The number of carbonyl (C=O) groups is 3. The lowest BCUT2D eigenvalue weighted by Gasteiger charge is -2.52. The summed E-state index contributed by atoms with van der Waals surface area (Å²) < 4.78 is 5.53. The maximum Gasteiger partial charge on any atom is 0.272 e. The fourth-order valence-electron chi connectivity index (χ4n) is 6.86. The Morgan fingerprint density at radius 1 is 0.925 bits per heavy atom. The predicted octanol–water partition coefficient (Wildman–Crippen LogP) is 4.06. The van der Waals surface area contributed by atoms with Crippen molar-refractivity contribution in [3.05, 3.63) is 125 Å². The molecule has 2 heterocycles. The molecule has 8 heteroatoms. The van der Waals surface area contributed by atoms with E-state index in [9.17, 15) is 14.4 Å². The first kappa shape index (κ1) is 24.0. The van der Waals surface area contributed by atoms with Gasteiger partial charge in [0.1, 0.15) is 5.75 Å². The normalized spacial score (nSPS) is 24.0. The van der Waals surface area contributed by atoms with Gasteiger partial charge in [-0.1, -0.05) is 60.7 Å². The quantitative estimate of drug-likeness (QED) is 0.239. The standard InChI is InChI=1S/C32H24N4O4/c1-40-25-15-7-6-14-24(25)36-30(38)27-26-20-10-2-4-12-22(20)32(28(27)31(36)39,23-13-5-3-11-21(23)26)18-34-35-29(37)19-9-8-16-33-17-19/h2-18,26-28H,1H3,(H,35,37). The van der Waals surface area contributed by atoms with E-state index < -0.39 is 23.2 Å². The smallest absolute Gasteiger partial charge is 0.272 e. The van der Waals surface area contributed by atoms with Crippen LogP contribution >= 0.6 is 0 Å². The SMILES string of the molecule is COc1ccccc1N1C(=O)C2C3c4ccccc4C(C=NNC(=O)c4cccnc4)(c4ccccc43)C2C1=O. The molecule has 2 atom stereocenters. The number of amides is 3. The Morgan fingerprint density at radius 3 is 2.27 bits per heavy atom. The van der Waals surface area contributed by atoms with Gasteiger partial charge in [0.2, 0.25) is 11.8 Å². The second kappa shape index (κ2) is 8.98. The van der Waals surface area contributed by atoms with E-state index in [2.05, 4.69) is 15.5 Å². The van der Waals surface area contributed by atoms with E-state index in [1.54, 1.807) is 48.8 Å². The maximum atomic E-state index is 14.4. The number of hydrogen-bond acceptors (Lipinski definition) is 6. The highest BCUT2D eigenvalue weighted by Crippen LogP contribution is 2.63. The molecule has 40 heavy (non-hydrogen) atoms. The lowest BCUT2D eigenvalue weighted by molar-refractivity contribution is -0.122. The average Bonchev–Trinajstić information content (AvgIpc) is 3.28. The van der Waals surface area contributed by atoms with Crippen molar-refractivity contribution in [1.29, 1.82) is 0 Å². The topological polar surface area (TPSA) is 101 Å². The van der Waals surface area contributed by atoms with Crippen molar-refractivity contribution in [2.24, 2.45) is 16.9 Å². The minimum Gasteiger partial charge on any atom is -0.495 e. The van der Waals surface area contributed by atoms with Gasteiger partial charge >= 0.3 is 0 Å². The summed E-state index contributed by atoms with van der Waals surface area (Å²) in [7, 11) is 1.52. The van der Waals surface area contributed by atoms with Gasteiger partial charge in [-0.25, -0.2) is 10.3 Å². The lowest BCUT2D eigenvalue weighted by atomic mass is 9.47. The highest BCUT2D eigenvalue weighted by Gasteiger charge is 2.68. The molecule has 4 aliphatic rings. The summed E-state index contributed by atoms with van der Waals surface area (Å²) in [6.07, 6.45) is 4.69. The molecule has 1 aromatic heterocycles. The van der Waals surface area contributed by atoms with Gasteiger partial charge in [0, 0.05) is 24.5 Å². The molecule has 1 N–H and O–H groups in total. The van der Waals surface area contributed by atoms with Crippen molar-refractivity contribution in [1.82, 2.24) is 10.4 Å². The largest absolute Gasteiger partial charge is 0.495 e. The number of anilines is 1. The summed E-state index contributed by atoms with van der Waals surface area (Å²) >= 11 is 0. The van der Waals surface area contributed by atoms with Crippen molar-refractivity contribution in [3.63, 3.8) is 0 Å². The van der Waals surface area contributed by atoms with Gasteiger partial charge in [0.25, 0.3) is 5.91 Å². The zero-order chi connectivity index (χ0) is 27.4. The van der Waals surface area contributed by atoms with Gasteiger partial charge in [-0.05, 0) is 46.5 Å². The molecular formula is C32H24N4O4. The van der Waals surface area contributed by atoms with E-state index in [0.29, 0.717) is 17.0 Å². The van der Waals surface area contributed by atoms with Crippen LogP contribution in [0.5, 0.6) is 5.75 Å². The maximum absolute atomic E-state index is 14.4. The summed E-state index contributed by atoms with van der Waals surface area (Å²) in [5, 5.41) is 4.43. The molecule has 2 bridgehead atoms. The molecule has 8 rings (SSSR count). The molecule has 0 radical (unpaired) electrons. The predicted molar refractivity (Wildman–Crippen MR) is 148 cm³/mol. The summed E-state index contributed by atoms with van der Waals surface area (Å²) in [6.45, 7) is 0. The first-order chi connectivity index (χ1) is 19.6. The summed E-state index contributed by atoms with van der Waals surface area (Å²) in [4.78, 5) is 46.8. The van der Waals surface area contributed by atoms with Crippen molar-refractivity contribution in [2.75, 3.05) is 12.0 Å². The number of carbonyl (C=O) groups excluding carboxylic acids is 3. The van der Waals surface area contributed by atoms with Gasteiger partial charge in [0.05, 0.1) is 35.6 Å². The fourth-order valence-corrected chi connectivity index (χ4v) is 6.86. The van der Waals surface area contributed by atoms with E-state index in [1.165, 1.54) is 18.2 Å². The Balaban J connectivity index is 1.42. The molecule has 0 spiro atoms. The highest BCUT2D eigenvalue weighted by atomic mass is 16.5. The molecule has 0 saturated carbocycles. The van der Waals surface area contributed by atoms with Crippen LogP contribution in [0.25, 0.3) is 0 Å². The zero-order valence-corrected chi connectivity index (χ0v) is 21.5. The fraction of sp³-hybridized carbons (Fsp3) is 0.156. The molecule has 1 fully saturated rings. The van der Waals surface area contributed by atoms with Crippen LogP contribution in [0.3, 0.4) is 0 Å². The van der Waals surface area contributed by atoms with Crippen molar-refractivity contribution in [2.45, 2.75) is 11.3 Å². The number of imide groups is 1. The van der Waals surface area contributed by atoms with E-state index in [-0.39, 0.29) is 17.7 Å². The summed E-state index contributed by atoms with van der Waals surface area (Å²) in [5.74, 6) is -2.29. The Bertz CT molecular complexity index is 1670. The van der Waals surface area contributed by atoms with Crippen LogP contribution < -0.4 is 15.1 Å². The number of benzene rings is 3. The summed E-state index contributed by atoms with van der Waals surface area (Å²) in [5.41, 5.74) is 6.08. The van der Waals surface area contributed by atoms with Gasteiger partial charge in [-0.2, -0.15) is 5.10 Å². The molecule has 3 amide bonds. The van der Waals surface area contributed by atoms with Crippen LogP contribution in [0.2, 0.25) is 0 Å². The molecule has 8 nitrogen and oxygen atoms in total. The van der Waals surface area contributed by atoms with Crippen LogP contribution in [0.15, 0.2) is 102 Å². The Morgan fingerprint density at radius 2 is 1.60 bits per heavy atom. The van der Waals surface area contributed by atoms with Crippen molar-refractivity contribution >= 4 is 29.6 Å². The molecule has 1 aliphatic heterocycles. The summed E-state index contributed by atoms with van der Waals surface area (Å²) in [6, 6.07) is 26.2. The number of nitrogens with zero attached hydrogens (tertiary/aromatic N) is 3. The molecule has 1 saturated heterocycles. The van der Waals surface area contributed by atoms with E-state index >= 15 is 0 Å². The zero-order valence-electron chi connectivity index (χ0n) is 21.5. The van der Waals surface area contributed by atoms with Crippen molar-refractivity contribution in [3.8, 4) is 5.75 Å². The second-order valence-electron chi connectivity index (χ2n) is 10.1. The second-order valence-corrected chi connectivity index (χ2v) is 10.1. The van der Waals surface area contributed by atoms with Crippen LogP contribution in [-0.2, 0) is 15.0 Å². The average molecular weight is 529 g/mol. The number of ether oxygens (including phenoxy) is 1. The third-order valence-electron chi connectivity index (χ3n) is 8.37. The monoisotopic (exact) mass is 528 g/mol. The minimum atomic E-state index is -1.08. The number of aromatic nitrogens is 1. The number of rotatable bonds is 5. The Labute approximate surface area is 230 Å². The van der Waals surface area contributed by atoms with E-state index in [4.69, 9.17) is 4.74 Å². The van der Waals surface area contributed by atoms with Gasteiger partial charge in [-0.15, -0.1) is 0 Å². The van der Waals surface area contributed by atoms with Crippen LogP contribution in [0.4, 0.5) is 5.69 Å². The number of nitrogens with one attached hydrogen (secondary N) is 1. The highest BCUT2D eigenvalue weighted by molar-refractivity contribution is 6.25. The first-order valence-corrected chi connectivity index (χ1v) is 13.0. The van der Waals surface area contributed by atoms with Gasteiger partial charge < -0.3 is 4.74 Å². The van der Waals surface area contributed by atoms with Crippen LogP contribution in [0, 0.1) is 11.8 Å². The number of methoxy groups -OCH3 is 1. The first-order valence-electron chi connectivity index (χ1n) is 13.0. The Hall–Kier alpha value is -5.11. The van der Waals surface area contributed by atoms with Gasteiger partial charge in [0.15, 0.2) is 0 Å². The Kier molecular flexibility index (Phi) is 5.38. The number of hydrazone groups is 1. The van der Waals surface area contributed by atoms with Crippen molar-refractivity contribution < 1.29 is 19.1 Å². The number of hydrogen-bond donors (Lipinski definition) is 1. The van der Waals surface area contributed by atoms with E-state index in [1.807, 2.05) is 48.5 Å². The minimum absolute atomic E-state index is 0.273. The third-order valence-corrected chi connectivity index (χ3v) is 8.37. The lowest BCUT2D eigenvalue weighted by Crippen LogP contribution is -2.54. The molecule has 196 valence electrons. The van der Waals surface area contributed by atoms with Crippen LogP contribution in [-0.4, -0.2) is 36.0 Å². The van der Waals surface area contributed by atoms with Crippen LogP contribution in [0.1, 0.15) is 38.5 Å². The molecular weight excluding hydrogens is 504 g/mol. The number of pyridine rings is 1. The van der Waals surface area contributed by atoms with E-state index in [0.717, 1.165) is 22.3 Å². The molecule has 3 aromatic carbocycles. The third kappa shape index (κ3) is 3.16. The molecule has 4 aromatic rings. The number of para-hydroxylation sites is 2. The van der Waals surface area contributed by atoms with Gasteiger partial charge in [-0.3, -0.25) is 19.4 Å².